The number of ether oxygens (including phenoxy) is 1. The van der Waals surface area contributed by atoms with Crippen molar-refractivity contribution in [1.29, 1.82) is 0 Å². The molecule has 2 aromatic rings. The zero-order valence-corrected chi connectivity index (χ0v) is 11.5. The normalized spacial score (nSPS) is 18.1. The minimum absolute atomic E-state index is 0.711. The average molecular weight is 257 g/mol. The maximum Gasteiger partial charge on any atom is 0.155 e. The van der Waals surface area contributed by atoms with Crippen LogP contribution < -0.4 is 4.74 Å². The highest BCUT2D eigenvalue weighted by Gasteiger charge is 2.18. The van der Waals surface area contributed by atoms with Gasteiger partial charge in [-0.25, -0.2) is 9.67 Å². The zero-order valence-electron chi connectivity index (χ0n) is 11.5. The summed E-state index contributed by atoms with van der Waals surface area (Å²) >= 11 is 0. The summed E-state index contributed by atoms with van der Waals surface area (Å²) in [5.41, 5.74) is 1.22. The largest absolute Gasteiger partial charge is 0.497 e. The van der Waals surface area contributed by atoms with Crippen LogP contribution in [0, 0.1) is 5.92 Å². The van der Waals surface area contributed by atoms with Gasteiger partial charge in [0.2, 0.25) is 0 Å². The van der Waals surface area contributed by atoms with Crippen molar-refractivity contribution in [3.05, 3.63) is 41.5 Å². The van der Waals surface area contributed by atoms with Gasteiger partial charge in [-0.1, -0.05) is 19.1 Å². The number of nitrogens with zero attached hydrogens (tertiary/aromatic N) is 3. The number of methoxy groups -OCH3 is 1. The highest BCUT2D eigenvalue weighted by atomic mass is 16.5. The molecule has 0 aliphatic carbocycles. The molecular formula is C15H19N3O. The number of fused-ring (bicyclic) bond motifs is 1. The Morgan fingerprint density at radius 3 is 2.84 bits per heavy atom. The van der Waals surface area contributed by atoms with E-state index in [0.29, 0.717) is 5.92 Å². The molecule has 1 atom stereocenters. The maximum atomic E-state index is 5.16. The van der Waals surface area contributed by atoms with Crippen LogP contribution in [0.25, 0.3) is 0 Å². The Hall–Kier alpha value is -1.84. The summed E-state index contributed by atoms with van der Waals surface area (Å²) in [7, 11) is 1.68. The van der Waals surface area contributed by atoms with E-state index in [2.05, 4.69) is 33.8 Å². The van der Waals surface area contributed by atoms with Crippen molar-refractivity contribution in [2.75, 3.05) is 7.11 Å². The van der Waals surface area contributed by atoms with Gasteiger partial charge in [0, 0.05) is 19.4 Å². The van der Waals surface area contributed by atoms with E-state index in [9.17, 15) is 0 Å². The van der Waals surface area contributed by atoms with Crippen LogP contribution >= 0.6 is 0 Å². The molecule has 100 valence electrons. The standard InChI is InChI=1S/C15H19N3O/c1-11-3-8-15-16-14(17-18(15)10-11)9-12-4-6-13(19-2)7-5-12/h4-7,11H,3,8-10H2,1-2H3. The van der Waals surface area contributed by atoms with Crippen molar-refractivity contribution in [1.82, 2.24) is 14.8 Å². The lowest BCUT2D eigenvalue weighted by atomic mass is 10.0. The first-order valence-corrected chi connectivity index (χ1v) is 6.80. The van der Waals surface area contributed by atoms with Crippen LogP contribution in [-0.4, -0.2) is 21.9 Å². The van der Waals surface area contributed by atoms with Gasteiger partial charge in [-0.3, -0.25) is 0 Å². The number of hydrogen-bond donors (Lipinski definition) is 0. The summed E-state index contributed by atoms with van der Waals surface area (Å²) < 4.78 is 7.24. The van der Waals surface area contributed by atoms with Crippen LogP contribution in [0.3, 0.4) is 0 Å². The monoisotopic (exact) mass is 257 g/mol. The third-order valence-corrected chi connectivity index (χ3v) is 3.66. The molecule has 4 nitrogen and oxygen atoms in total. The highest BCUT2D eigenvalue weighted by Crippen LogP contribution is 2.19. The molecule has 0 spiro atoms. The summed E-state index contributed by atoms with van der Waals surface area (Å²) in [6.45, 7) is 3.28. The van der Waals surface area contributed by atoms with Crippen molar-refractivity contribution in [3.63, 3.8) is 0 Å². The van der Waals surface area contributed by atoms with E-state index in [1.165, 1.54) is 12.0 Å². The summed E-state index contributed by atoms with van der Waals surface area (Å²) in [6.07, 6.45) is 3.07. The minimum Gasteiger partial charge on any atom is -0.497 e. The number of aromatic nitrogens is 3. The summed E-state index contributed by atoms with van der Waals surface area (Å²) in [4.78, 5) is 4.64. The van der Waals surface area contributed by atoms with Gasteiger partial charge in [-0.15, -0.1) is 0 Å². The van der Waals surface area contributed by atoms with Gasteiger partial charge in [-0.05, 0) is 30.0 Å². The summed E-state index contributed by atoms with van der Waals surface area (Å²) in [6, 6.07) is 8.10. The molecule has 0 fully saturated rings. The van der Waals surface area contributed by atoms with Crippen molar-refractivity contribution in [2.45, 2.75) is 32.7 Å². The summed E-state index contributed by atoms with van der Waals surface area (Å²) in [5.74, 6) is 3.66. The molecule has 1 aromatic carbocycles. The van der Waals surface area contributed by atoms with Crippen LogP contribution in [0.1, 0.15) is 30.6 Å². The smallest absolute Gasteiger partial charge is 0.155 e. The van der Waals surface area contributed by atoms with Crippen molar-refractivity contribution in [3.8, 4) is 5.75 Å². The van der Waals surface area contributed by atoms with Crippen molar-refractivity contribution in [2.24, 2.45) is 5.92 Å². The van der Waals surface area contributed by atoms with Crippen LogP contribution in [0.4, 0.5) is 0 Å². The molecule has 2 heterocycles. The van der Waals surface area contributed by atoms with E-state index in [1.54, 1.807) is 7.11 Å². The van der Waals surface area contributed by atoms with Gasteiger partial charge in [0.15, 0.2) is 5.82 Å². The topological polar surface area (TPSA) is 39.9 Å². The molecule has 19 heavy (non-hydrogen) atoms. The molecule has 0 saturated carbocycles. The SMILES string of the molecule is COc1ccc(Cc2nc3n(n2)CC(C)CC3)cc1. The lowest BCUT2D eigenvalue weighted by Gasteiger charge is -2.17. The van der Waals surface area contributed by atoms with E-state index in [0.717, 1.165) is 36.8 Å². The first-order chi connectivity index (χ1) is 9.24. The summed E-state index contributed by atoms with van der Waals surface area (Å²) in [5, 5.41) is 4.61. The number of hydrogen-bond acceptors (Lipinski definition) is 3. The first-order valence-electron chi connectivity index (χ1n) is 6.80. The third kappa shape index (κ3) is 2.62. The Balaban J connectivity index is 1.76. The molecule has 0 N–H and O–H groups in total. The van der Waals surface area contributed by atoms with E-state index < -0.39 is 0 Å². The lowest BCUT2D eigenvalue weighted by molar-refractivity contribution is 0.367. The minimum atomic E-state index is 0.711. The maximum absolute atomic E-state index is 5.16. The van der Waals surface area contributed by atoms with Gasteiger partial charge in [0.1, 0.15) is 11.6 Å². The molecule has 0 radical (unpaired) electrons. The highest BCUT2D eigenvalue weighted by molar-refractivity contribution is 5.28. The van der Waals surface area contributed by atoms with Gasteiger partial charge in [0.25, 0.3) is 0 Å². The predicted octanol–water partition coefficient (Wildman–Crippen LogP) is 2.46. The molecule has 4 heteroatoms. The molecule has 0 bridgehead atoms. The molecule has 1 unspecified atom stereocenters. The molecule has 3 rings (SSSR count). The van der Waals surface area contributed by atoms with E-state index in [4.69, 9.17) is 4.74 Å². The average Bonchev–Trinajstić information content (AvgIpc) is 2.81. The van der Waals surface area contributed by atoms with Crippen molar-refractivity contribution < 1.29 is 4.74 Å². The molecule has 0 amide bonds. The van der Waals surface area contributed by atoms with Crippen LogP contribution in [-0.2, 0) is 19.4 Å². The Morgan fingerprint density at radius 1 is 1.32 bits per heavy atom. The number of rotatable bonds is 3. The molecule has 0 saturated heterocycles. The van der Waals surface area contributed by atoms with Gasteiger partial charge in [-0.2, -0.15) is 5.10 Å². The second-order valence-electron chi connectivity index (χ2n) is 5.30. The third-order valence-electron chi connectivity index (χ3n) is 3.66. The molecule has 1 aromatic heterocycles. The fourth-order valence-electron chi connectivity index (χ4n) is 2.52. The van der Waals surface area contributed by atoms with Crippen molar-refractivity contribution >= 4 is 0 Å². The molecule has 1 aliphatic heterocycles. The second kappa shape index (κ2) is 5.03. The number of aryl methyl sites for hydroxylation is 1. The Labute approximate surface area is 113 Å². The van der Waals surface area contributed by atoms with E-state index >= 15 is 0 Å². The molecule has 1 aliphatic rings. The predicted molar refractivity (Wildman–Crippen MR) is 73.3 cm³/mol. The fraction of sp³-hybridized carbons (Fsp3) is 0.467. The van der Waals surface area contributed by atoms with Crippen LogP contribution in [0.2, 0.25) is 0 Å². The Morgan fingerprint density at radius 2 is 2.11 bits per heavy atom. The fourth-order valence-corrected chi connectivity index (χ4v) is 2.52. The quantitative estimate of drug-likeness (QED) is 0.848. The first kappa shape index (κ1) is 12.2. The van der Waals surface area contributed by atoms with Gasteiger partial charge in [0.05, 0.1) is 7.11 Å². The van der Waals surface area contributed by atoms with Crippen LogP contribution in [0.15, 0.2) is 24.3 Å². The molecular weight excluding hydrogens is 238 g/mol. The van der Waals surface area contributed by atoms with E-state index in [1.807, 2.05) is 12.1 Å². The van der Waals surface area contributed by atoms with Crippen LogP contribution in [0.5, 0.6) is 5.75 Å². The Kier molecular flexibility index (Phi) is 3.23. The van der Waals surface area contributed by atoms with E-state index in [-0.39, 0.29) is 0 Å². The Bertz CT molecular complexity index is 559. The number of benzene rings is 1. The lowest BCUT2D eigenvalue weighted by Crippen LogP contribution is -2.18. The van der Waals surface area contributed by atoms with Gasteiger partial charge >= 0.3 is 0 Å². The zero-order chi connectivity index (χ0) is 13.2. The van der Waals surface area contributed by atoms with Gasteiger partial charge < -0.3 is 4.74 Å². The second-order valence-corrected chi connectivity index (χ2v) is 5.30.